The number of hydrogen-bond donors (Lipinski definition) is 2. The molecule has 0 bridgehead atoms. The molecule has 0 saturated carbocycles. The zero-order chi connectivity index (χ0) is 11.6. The topological polar surface area (TPSA) is 76.2 Å². The van der Waals surface area contributed by atoms with Gasteiger partial charge in [-0.15, -0.1) is 0 Å². The van der Waals surface area contributed by atoms with Gasteiger partial charge in [-0.05, 0) is 6.07 Å². The number of pyridine rings is 1. The number of aromatic carboxylic acids is 1. The van der Waals surface area contributed by atoms with Crippen molar-refractivity contribution in [3.05, 3.63) is 28.0 Å². The van der Waals surface area contributed by atoms with E-state index in [4.69, 9.17) is 22.4 Å². The number of carboxylic acid groups (broad SMARTS) is 1. The summed E-state index contributed by atoms with van der Waals surface area (Å²) >= 11 is 5.44. The Morgan fingerprint density at radius 2 is 2.27 bits per heavy atom. The van der Waals surface area contributed by atoms with E-state index < -0.39 is 23.1 Å². The molecule has 0 aromatic carbocycles. The molecule has 0 aliphatic heterocycles. The zero-order valence-electron chi connectivity index (χ0n) is 7.38. The first-order chi connectivity index (χ1) is 6.97. The van der Waals surface area contributed by atoms with Gasteiger partial charge in [0.2, 0.25) is 0 Å². The highest BCUT2D eigenvalue weighted by Crippen LogP contribution is 2.27. The minimum Gasteiger partial charge on any atom is -0.478 e. The fraction of sp³-hybridized carbons (Fsp3) is 0.250. The summed E-state index contributed by atoms with van der Waals surface area (Å²) < 4.78 is 24.7. The molecule has 1 aromatic heterocycles. The highest BCUT2D eigenvalue weighted by molar-refractivity contribution is 6.30. The molecule has 0 atom stereocenters. The Kier molecular flexibility index (Phi) is 3.54. The molecule has 15 heavy (non-hydrogen) atoms. The summed E-state index contributed by atoms with van der Waals surface area (Å²) in [4.78, 5) is 14.2. The van der Waals surface area contributed by atoms with Gasteiger partial charge in [0, 0.05) is 6.54 Å². The molecule has 1 aromatic rings. The average molecular weight is 237 g/mol. The van der Waals surface area contributed by atoms with Crippen molar-refractivity contribution in [2.45, 2.75) is 13.0 Å². The van der Waals surface area contributed by atoms with Crippen LogP contribution < -0.4 is 5.73 Å². The van der Waals surface area contributed by atoms with Crippen molar-refractivity contribution < 1.29 is 18.7 Å². The summed E-state index contributed by atoms with van der Waals surface area (Å²) in [5, 5.41) is 8.29. The molecule has 3 N–H and O–H groups in total. The molecule has 7 heteroatoms. The van der Waals surface area contributed by atoms with Crippen molar-refractivity contribution in [3.8, 4) is 0 Å². The Morgan fingerprint density at radius 1 is 1.67 bits per heavy atom. The van der Waals surface area contributed by atoms with Gasteiger partial charge in [-0.3, -0.25) is 0 Å². The summed E-state index contributed by atoms with van der Waals surface area (Å²) in [6.45, 7) is -0.176. The first kappa shape index (κ1) is 11.8. The molecule has 0 amide bonds. The molecule has 0 aliphatic carbocycles. The molecule has 0 fully saturated rings. The molecule has 0 radical (unpaired) electrons. The Balaban J connectivity index is 3.37. The SMILES string of the molecule is NCc1nc(Cl)c(C(F)F)cc1C(=O)O. The maximum Gasteiger partial charge on any atom is 0.337 e. The molecular weight excluding hydrogens is 230 g/mol. The predicted molar refractivity (Wildman–Crippen MR) is 49.1 cm³/mol. The molecule has 0 unspecified atom stereocenters. The quantitative estimate of drug-likeness (QED) is 0.785. The van der Waals surface area contributed by atoms with Gasteiger partial charge >= 0.3 is 5.97 Å². The van der Waals surface area contributed by atoms with E-state index in [0.29, 0.717) is 0 Å². The number of halogens is 3. The molecule has 82 valence electrons. The largest absolute Gasteiger partial charge is 0.478 e. The van der Waals surface area contributed by atoms with Crippen LogP contribution in [0.1, 0.15) is 28.0 Å². The van der Waals surface area contributed by atoms with Crippen LogP contribution in [0, 0.1) is 0 Å². The lowest BCUT2D eigenvalue weighted by Gasteiger charge is -2.07. The number of nitrogens with two attached hydrogens (primary N) is 1. The van der Waals surface area contributed by atoms with E-state index in [9.17, 15) is 13.6 Å². The van der Waals surface area contributed by atoms with E-state index in [0.717, 1.165) is 6.07 Å². The fourth-order valence-corrected chi connectivity index (χ4v) is 1.27. The highest BCUT2D eigenvalue weighted by Gasteiger charge is 2.19. The van der Waals surface area contributed by atoms with Crippen LogP contribution in [0.5, 0.6) is 0 Å². The Labute approximate surface area is 88.7 Å². The van der Waals surface area contributed by atoms with E-state index in [-0.39, 0.29) is 17.8 Å². The highest BCUT2D eigenvalue weighted by atomic mass is 35.5. The van der Waals surface area contributed by atoms with Gasteiger partial charge in [0.15, 0.2) is 0 Å². The second-order valence-corrected chi connectivity index (χ2v) is 3.03. The zero-order valence-corrected chi connectivity index (χ0v) is 8.13. The molecule has 1 heterocycles. The molecule has 0 spiro atoms. The molecule has 0 saturated heterocycles. The monoisotopic (exact) mass is 236 g/mol. The van der Waals surface area contributed by atoms with Gasteiger partial charge in [0.25, 0.3) is 6.43 Å². The van der Waals surface area contributed by atoms with Gasteiger partial charge in [0.05, 0.1) is 16.8 Å². The molecule has 1 rings (SSSR count). The van der Waals surface area contributed by atoms with Crippen molar-refractivity contribution in [1.29, 1.82) is 0 Å². The van der Waals surface area contributed by atoms with Crippen molar-refractivity contribution in [3.63, 3.8) is 0 Å². The normalized spacial score (nSPS) is 10.7. The maximum atomic E-state index is 12.4. The van der Waals surface area contributed by atoms with Crippen molar-refractivity contribution >= 4 is 17.6 Å². The Morgan fingerprint density at radius 3 is 2.67 bits per heavy atom. The summed E-state index contributed by atoms with van der Waals surface area (Å²) in [5.74, 6) is -1.36. The second-order valence-electron chi connectivity index (χ2n) is 2.67. The summed E-state index contributed by atoms with van der Waals surface area (Å²) in [5.41, 5.74) is 4.24. The number of nitrogens with zero attached hydrogens (tertiary/aromatic N) is 1. The molecular formula is C8H7ClF2N2O2. The lowest BCUT2D eigenvalue weighted by atomic mass is 10.1. The van der Waals surface area contributed by atoms with E-state index in [1.165, 1.54) is 0 Å². The van der Waals surface area contributed by atoms with Crippen molar-refractivity contribution in [2.24, 2.45) is 5.73 Å². The number of carboxylic acids is 1. The average Bonchev–Trinajstić information content (AvgIpc) is 2.16. The Hall–Kier alpha value is -1.27. The van der Waals surface area contributed by atoms with Gasteiger partial charge < -0.3 is 10.8 Å². The van der Waals surface area contributed by atoms with E-state index in [1.54, 1.807) is 0 Å². The fourth-order valence-electron chi connectivity index (χ4n) is 1.04. The van der Waals surface area contributed by atoms with Crippen LogP contribution in [0.15, 0.2) is 6.07 Å². The summed E-state index contributed by atoms with van der Waals surface area (Å²) in [7, 11) is 0. The van der Waals surface area contributed by atoms with Crippen molar-refractivity contribution in [1.82, 2.24) is 4.98 Å². The van der Waals surface area contributed by atoms with Crippen LogP contribution in [-0.4, -0.2) is 16.1 Å². The van der Waals surface area contributed by atoms with E-state index in [1.807, 2.05) is 0 Å². The summed E-state index contributed by atoms with van der Waals surface area (Å²) in [6, 6.07) is 0.796. The third-order valence-electron chi connectivity index (χ3n) is 1.74. The predicted octanol–water partition coefficient (Wildman–Crippen LogP) is 1.83. The number of hydrogen-bond acceptors (Lipinski definition) is 3. The lowest BCUT2D eigenvalue weighted by molar-refractivity contribution is 0.0694. The van der Waals surface area contributed by atoms with Gasteiger partial charge in [-0.1, -0.05) is 11.6 Å². The summed E-state index contributed by atoms with van der Waals surface area (Å²) in [6.07, 6.45) is -2.87. The van der Waals surface area contributed by atoms with Gasteiger partial charge in [-0.2, -0.15) is 0 Å². The third-order valence-corrected chi connectivity index (χ3v) is 2.04. The van der Waals surface area contributed by atoms with Crippen LogP contribution in [0.25, 0.3) is 0 Å². The van der Waals surface area contributed by atoms with Gasteiger partial charge in [0.1, 0.15) is 5.15 Å². The van der Waals surface area contributed by atoms with Crippen LogP contribution in [-0.2, 0) is 6.54 Å². The first-order valence-corrected chi connectivity index (χ1v) is 4.26. The van der Waals surface area contributed by atoms with Crippen LogP contribution in [0.2, 0.25) is 5.15 Å². The number of rotatable bonds is 3. The standard InChI is InChI=1S/C8H7ClF2N2O2/c9-6-4(7(10)11)1-3(8(14)15)5(2-12)13-6/h1,7H,2,12H2,(H,14,15). The minimum absolute atomic E-state index is 0.0168. The van der Waals surface area contributed by atoms with E-state index in [2.05, 4.69) is 4.98 Å². The molecule has 0 aliphatic rings. The lowest BCUT2D eigenvalue weighted by Crippen LogP contribution is -2.11. The van der Waals surface area contributed by atoms with Crippen LogP contribution in [0.3, 0.4) is 0 Å². The number of carbonyl (C=O) groups is 1. The second kappa shape index (κ2) is 4.50. The van der Waals surface area contributed by atoms with Crippen LogP contribution >= 0.6 is 11.6 Å². The number of alkyl halides is 2. The number of aromatic nitrogens is 1. The Bertz CT molecular complexity index is 398. The van der Waals surface area contributed by atoms with E-state index >= 15 is 0 Å². The maximum absolute atomic E-state index is 12.4. The first-order valence-electron chi connectivity index (χ1n) is 3.88. The van der Waals surface area contributed by atoms with Crippen molar-refractivity contribution in [2.75, 3.05) is 0 Å². The van der Waals surface area contributed by atoms with Gasteiger partial charge in [-0.25, -0.2) is 18.6 Å². The third kappa shape index (κ3) is 2.40. The molecule has 4 nitrogen and oxygen atoms in total. The van der Waals surface area contributed by atoms with Crippen LogP contribution in [0.4, 0.5) is 8.78 Å². The smallest absolute Gasteiger partial charge is 0.337 e. The minimum atomic E-state index is -2.87.